The molecule has 0 atom stereocenters. The summed E-state index contributed by atoms with van der Waals surface area (Å²) in [5.41, 5.74) is 0. The lowest BCUT2D eigenvalue weighted by atomic mass is 10.3. The van der Waals surface area contributed by atoms with Crippen LogP contribution in [0.3, 0.4) is 0 Å². The molecule has 82 valence electrons. The Morgan fingerprint density at radius 3 is 3.20 bits per heavy atom. The zero-order valence-electron chi connectivity index (χ0n) is 8.35. The van der Waals surface area contributed by atoms with Gasteiger partial charge in [-0.1, -0.05) is 6.07 Å². The molecule has 1 amide bonds. The first kappa shape index (κ1) is 11.0. The van der Waals surface area contributed by atoms with Crippen molar-refractivity contribution in [3.63, 3.8) is 0 Å². The summed E-state index contributed by atoms with van der Waals surface area (Å²) in [6, 6.07) is 4.02. The van der Waals surface area contributed by atoms with Gasteiger partial charge in [-0.2, -0.15) is 0 Å². The lowest BCUT2D eigenvalue weighted by Gasteiger charge is -2.25. The largest absolute Gasteiger partial charge is 0.272 e. The molecule has 0 aliphatic carbocycles. The van der Waals surface area contributed by atoms with Gasteiger partial charge in [0.05, 0.1) is 16.6 Å². The van der Waals surface area contributed by atoms with Gasteiger partial charge in [-0.3, -0.25) is 9.63 Å². The van der Waals surface area contributed by atoms with Crippen molar-refractivity contribution >= 4 is 29.0 Å². The quantitative estimate of drug-likeness (QED) is 0.763. The smallest absolute Gasteiger partial charge is 0.256 e. The molecule has 1 aliphatic heterocycles. The molecule has 3 nitrogen and oxygen atoms in total. The van der Waals surface area contributed by atoms with Gasteiger partial charge < -0.3 is 0 Å². The van der Waals surface area contributed by atoms with E-state index < -0.39 is 0 Å². The third-order valence-electron chi connectivity index (χ3n) is 2.11. The molecule has 2 heterocycles. The molecule has 0 unspecified atom stereocenters. The molecule has 1 aromatic heterocycles. The molecule has 0 N–H and O–H groups in total. The Morgan fingerprint density at radius 1 is 1.60 bits per heavy atom. The van der Waals surface area contributed by atoms with Crippen LogP contribution in [0.5, 0.6) is 0 Å². The van der Waals surface area contributed by atoms with Crippen LogP contribution in [0.15, 0.2) is 21.7 Å². The van der Waals surface area contributed by atoms with Gasteiger partial charge in [0.25, 0.3) is 5.91 Å². The van der Waals surface area contributed by atoms with E-state index in [9.17, 15) is 4.79 Å². The summed E-state index contributed by atoms with van der Waals surface area (Å²) < 4.78 is 1.18. The molecule has 0 bridgehead atoms. The minimum Gasteiger partial charge on any atom is -0.272 e. The second-order valence-electron chi connectivity index (χ2n) is 3.26. The zero-order valence-corrected chi connectivity index (χ0v) is 9.98. The number of amides is 1. The van der Waals surface area contributed by atoms with E-state index in [0.717, 1.165) is 19.4 Å². The van der Waals surface area contributed by atoms with E-state index in [2.05, 4.69) is 0 Å². The fourth-order valence-corrected chi connectivity index (χ4v) is 2.99. The summed E-state index contributed by atoms with van der Waals surface area (Å²) in [5, 5.41) is 3.52. The van der Waals surface area contributed by atoms with E-state index in [1.165, 1.54) is 9.27 Å². The highest BCUT2D eigenvalue weighted by Gasteiger charge is 2.17. The van der Waals surface area contributed by atoms with Crippen molar-refractivity contribution in [2.75, 3.05) is 18.9 Å². The van der Waals surface area contributed by atoms with Crippen LogP contribution in [-0.4, -0.2) is 29.9 Å². The van der Waals surface area contributed by atoms with E-state index in [1.54, 1.807) is 23.1 Å². The van der Waals surface area contributed by atoms with Crippen LogP contribution < -0.4 is 0 Å². The fraction of sp³-hybridized carbons (Fsp3) is 0.500. The van der Waals surface area contributed by atoms with Crippen LogP contribution in [-0.2, 0) is 9.63 Å². The summed E-state index contributed by atoms with van der Waals surface area (Å²) >= 11 is 3.24. The minimum atomic E-state index is 0.0769. The summed E-state index contributed by atoms with van der Waals surface area (Å²) in [7, 11) is 0. The maximum absolute atomic E-state index is 11.7. The van der Waals surface area contributed by atoms with Gasteiger partial charge in [0.1, 0.15) is 0 Å². The predicted molar refractivity (Wildman–Crippen MR) is 61.9 cm³/mol. The lowest BCUT2D eigenvalue weighted by Crippen LogP contribution is -2.36. The molecule has 1 saturated heterocycles. The topological polar surface area (TPSA) is 29.5 Å². The number of thioether (sulfide) groups is 1. The molecule has 2 rings (SSSR count). The Labute approximate surface area is 97.4 Å². The molecule has 0 aromatic carbocycles. The molecular formula is C10H13NO2S2. The van der Waals surface area contributed by atoms with E-state index in [4.69, 9.17) is 4.84 Å². The van der Waals surface area contributed by atoms with Crippen LogP contribution in [0.1, 0.15) is 12.8 Å². The monoisotopic (exact) mass is 243 g/mol. The summed E-state index contributed by atoms with van der Waals surface area (Å²) in [6.45, 7) is 1.42. The normalized spacial score (nSPS) is 16.7. The Balaban J connectivity index is 1.76. The van der Waals surface area contributed by atoms with Crippen molar-refractivity contribution in [1.29, 1.82) is 0 Å². The first-order chi connectivity index (χ1) is 7.36. The molecular weight excluding hydrogens is 230 g/mol. The number of nitrogens with zero attached hydrogens (tertiary/aromatic N) is 1. The van der Waals surface area contributed by atoms with Gasteiger partial charge in [-0.05, 0) is 24.3 Å². The number of hydrogen-bond acceptors (Lipinski definition) is 4. The van der Waals surface area contributed by atoms with Crippen LogP contribution in [0, 0.1) is 0 Å². The molecule has 0 saturated carbocycles. The van der Waals surface area contributed by atoms with Crippen LogP contribution in [0.2, 0.25) is 0 Å². The second kappa shape index (κ2) is 5.53. The molecule has 0 spiro atoms. The lowest BCUT2D eigenvalue weighted by molar-refractivity contribution is -0.194. The Hall–Kier alpha value is -0.520. The van der Waals surface area contributed by atoms with Gasteiger partial charge in [-0.25, -0.2) is 5.06 Å². The van der Waals surface area contributed by atoms with Crippen LogP contribution >= 0.6 is 23.1 Å². The highest BCUT2D eigenvalue weighted by molar-refractivity contribution is 8.01. The maximum atomic E-state index is 11.7. The summed E-state index contributed by atoms with van der Waals surface area (Å²) in [4.78, 5) is 17.0. The first-order valence-electron chi connectivity index (χ1n) is 4.96. The standard InChI is InChI=1S/C10H13NO2S2/c12-9(11-5-1-2-6-13-11)8-15-10-4-3-7-14-10/h3-4,7H,1-2,5-6,8H2. The minimum absolute atomic E-state index is 0.0769. The van der Waals surface area contributed by atoms with Gasteiger partial charge in [-0.15, -0.1) is 23.1 Å². The predicted octanol–water partition coefficient (Wildman–Crippen LogP) is 2.39. The van der Waals surface area contributed by atoms with Gasteiger partial charge >= 0.3 is 0 Å². The van der Waals surface area contributed by atoms with E-state index in [0.29, 0.717) is 12.4 Å². The zero-order chi connectivity index (χ0) is 10.5. The van der Waals surface area contributed by atoms with Gasteiger partial charge in [0.15, 0.2) is 0 Å². The van der Waals surface area contributed by atoms with E-state index in [-0.39, 0.29) is 5.91 Å². The average molecular weight is 243 g/mol. The number of rotatable bonds is 3. The highest BCUT2D eigenvalue weighted by Crippen LogP contribution is 2.23. The van der Waals surface area contributed by atoms with E-state index >= 15 is 0 Å². The molecule has 5 heteroatoms. The summed E-state index contributed by atoms with van der Waals surface area (Å²) in [6.07, 6.45) is 2.11. The first-order valence-corrected chi connectivity index (χ1v) is 6.82. The Morgan fingerprint density at radius 2 is 2.53 bits per heavy atom. The molecule has 15 heavy (non-hydrogen) atoms. The maximum Gasteiger partial charge on any atom is 0.256 e. The van der Waals surface area contributed by atoms with Crippen molar-refractivity contribution in [3.8, 4) is 0 Å². The third-order valence-corrected chi connectivity index (χ3v) is 4.23. The number of carbonyl (C=O) groups is 1. The van der Waals surface area contributed by atoms with Crippen molar-refractivity contribution in [3.05, 3.63) is 17.5 Å². The average Bonchev–Trinajstić information content (AvgIpc) is 2.80. The van der Waals surface area contributed by atoms with Crippen molar-refractivity contribution in [2.24, 2.45) is 0 Å². The molecule has 0 radical (unpaired) electrons. The number of carbonyl (C=O) groups excluding carboxylic acids is 1. The molecule has 1 aliphatic rings. The van der Waals surface area contributed by atoms with E-state index in [1.807, 2.05) is 17.5 Å². The number of hydrogen-bond donors (Lipinski definition) is 0. The van der Waals surface area contributed by atoms with Gasteiger partial charge in [0, 0.05) is 6.54 Å². The van der Waals surface area contributed by atoms with Gasteiger partial charge in [0.2, 0.25) is 0 Å². The van der Waals surface area contributed by atoms with Crippen molar-refractivity contribution < 1.29 is 9.63 Å². The highest BCUT2D eigenvalue weighted by atomic mass is 32.2. The second-order valence-corrected chi connectivity index (χ2v) is 5.48. The van der Waals surface area contributed by atoms with Crippen molar-refractivity contribution in [2.45, 2.75) is 17.1 Å². The summed E-state index contributed by atoms with van der Waals surface area (Å²) in [5.74, 6) is 0.550. The van der Waals surface area contributed by atoms with Crippen LogP contribution in [0.4, 0.5) is 0 Å². The van der Waals surface area contributed by atoms with Crippen molar-refractivity contribution in [1.82, 2.24) is 5.06 Å². The van der Waals surface area contributed by atoms with Crippen LogP contribution in [0.25, 0.3) is 0 Å². The fourth-order valence-electron chi connectivity index (χ4n) is 1.34. The number of thiophene rings is 1. The molecule has 1 aromatic rings. The SMILES string of the molecule is O=C(CSc1cccs1)N1CCCCO1. The molecule has 1 fully saturated rings. The number of hydroxylamine groups is 2. The Kier molecular flexibility index (Phi) is 4.05. The Bertz CT molecular complexity index is 307. The third kappa shape index (κ3) is 3.22.